The van der Waals surface area contributed by atoms with Gasteiger partial charge in [0, 0.05) is 21.6 Å². The lowest BCUT2D eigenvalue weighted by Gasteiger charge is -2.38. The summed E-state index contributed by atoms with van der Waals surface area (Å²) >= 11 is 6.65. The van der Waals surface area contributed by atoms with Crippen molar-refractivity contribution in [2.24, 2.45) is 0 Å². The molecule has 5 nitrogen and oxygen atoms in total. The molecule has 2 aromatic carbocycles. The number of ether oxygens (including phenoxy) is 2. The van der Waals surface area contributed by atoms with Gasteiger partial charge in [0.2, 0.25) is 0 Å². The first kappa shape index (κ1) is 20.6. The van der Waals surface area contributed by atoms with Gasteiger partial charge in [0.1, 0.15) is 30.2 Å². The molecule has 29 heavy (non-hydrogen) atoms. The molecule has 2 aliphatic rings. The third kappa shape index (κ3) is 3.25. The number of aliphatic hydroxyl groups excluding tert-OH is 3. The van der Waals surface area contributed by atoms with E-state index in [0.29, 0.717) is 10.8 Å². The Bertz CT molecular complexity index is 895. The summed E-state index contributed by atoms with van der Waals surface area (Å²) in [6.45, 7) is 5.91. The first-order valence-electron chi connectivity index (χ1n) is 10.0. The number of aryl methyl sites for hydroxylation is 1. The molecule has 2 aliphatic heterocycles. The first-order valence-corrected chi connectivity index (χ1v) is 10.4. The molecule has 0 amide bonds. The molecule has 0 aromatic heterocycles. The minimum Gasteiger partial charge on any atom is -0.484 e. The zero-order valence-corrected chi connectivity index (χ0v) is 17.6. The average molecular weight is 419 g/mol. The maximum Gasteiger partial charge on any atom is 0.157 e. The highest BCUT2D eigenvalue weighted by atomic mass is 35.5. The number of hydrogen-bond donors (Lipinski definition) is 3. The van der Waals surface area contributed by atoms with Gasteiger partial charge in [-0.1, -0.05) is 62.7 Å². The highest BCUT2D eigenvalue weighted by molar-refractivity contribution is 6.31. The Balaban J connectivity index is 1.79. The number of halogens is 1. The molecular formula is C23H27ClO5. The number of aliphatic hydroxyl groups is 3. The molecule has 5 atom stereocenters. The Morgan fingerprint density at radius 3 is 2.34 bits per heavy atom. The van der Waals surface area contributed by atoms with Gasteiger partial charge < -0.3 is 24.8 Å². The van der Waals surface area contributed by atoms with E-state index in [0.717, 1.165) is 23.1 Å². The van der Waals surface area contributed by atoms with Gasteiger partial charge >= 0.3 is 0 Å². The van der Waals surface area contributed by atoms with E-state index in [1.54, 1.807) is 0 Å². The lowest BCUT2D eigenvalue weighted by atomic mass is 9.76. The molecule has 2 unspecified atom stereocenters. The van der Waals surface area contributed by atoms with E-state index in [1.807, 2.05) is 12.1 Å². The van der Waals surface area contributed by atoms with Crippen molar-refractivity contribution in [3.63, 3.8) is 0 Å². The number of fused-ring (bicyclic) bond motifs is 3. The van der Waals surface area contributed by atoms with Crippen LogP contribution in [0.2, 0.25) is 5.02 Å². The van der Waals surface area contributed by atoms with Crippen molar-refractivity contribution in [3.05, 3.63) is 63.7 Å². The molecular weight excluding hydrogens is 392 g/mol. The van der Waals surface area contributed by atoms with Crippen molar-refractivity contribution in [3.8, 4) is 5.75 Å². The van der Waals surface area contributed by atoms with Gasteiger partial charge in [0.15, 0.2) is 6.10 Å². The number of rotatable bonds is 4. The minimum absolute atomic E-state index is 0.382. The first-order chi connectivity index (χ1) is 13.8. The highest BCUT2D eigenvalue weighted by Crippen LogP contribution is 2.52. The fraction of sp³-hybridized carbons (Fsp3) is 0.478. The van der Waals surface area contributed by atoms with E-state index in [1.165, 1.54) is 5.56 Å². The Morgan fingerprint density at radius 2 is 1.72 bits per heavy atom. The molecule has 2 heterocycles. The molecule has 0 radical (unpaired) electrons. The second kappa shape index (κ2) is 7.56. The van der Waals surface area contributed by atoms with Crippen LogP contribution in [0.15, 0.2) is 36.4 Å². The maximum absolute atomic E-state index is 10.6. The van der Waals surface area contributed by atoms with Crippen LogP contribution >= 0.6 is 11.6 Å². The zero-order chi connectivity index (χ0) is 20.9. The van der Waals surface area contributed by atoms with E-state index in [4.69, 9.17) is 21.1 Å². The predicted molar refractivity (Wildman–Crippen MR) is 111 cm³/mol. The Hall–Kier alpha value is -1.63. The Kier molecular flexibility index (Phi) is 5.38. The van der Waals surface area contributed by atoms with Crippen molar-refractivity contribution in [1.82, 2.24) is 0 Å². The summed E-state index contributed by atoms with van der Waals surface area (Å²) in [5.74, 6) is 0.585. The van der Waals surface area contributed by atoms with Crippen molar-refractivity contribution in [2.45, 2.75) is 63.1 Å². The summed E-state index contributed by atoms with van der Waals surface area (Å²) < 4.78 is 12.0. The SMILES string of the molecule is CCc1ccc(C(C)(C)c2c(Cl)ccc3c2OC2C3O[C@H](CO)[C@@H](O)[C@@H]2O)cc1. The van der Waals surface area contributed by atoms with Gasteiger partial charge in [-0.25, -0.2) is 0 Å². The van der Waals surface area contributed by atoms with Crippen LogP contribution in [0, 0.1) is 0 Å². The largest absolute Gasteiger partial charge is 0.484 e. The lowest BCUT2D eigenvalue weighted by Crippen LogP contribution is -2.55. The summed E-state index contributed by atoms with van der Waals surface area (Å²) in [4.78, 5) is 0. The molecule has 0 spiro atoms. The molecule has 4 rings (SSSR count). The predicted octanol–water partition coefficient (Wildman–Crippen LogP) is 3.14. The van der Waals surface area contributed by atoms with E-state index in [9.17, 15) is 15.3 Å². The van der Waals surface area contributed by atoms with Crippen LogP contribution in [-0.4, -0.2) is 46.3 Å². The van der Waals surface area contributed by atoms with Gasteiger partial charge in [-0.05, 0) is 23.6 Å². The summed E-state index contributed by atoms with van der Waals surface area (Å²) in [5, 5.41) is 30.9. The molecule has 6 heteroatoms. The van der Waals surface area contributed by atoms with Crippen LogP contribution in [0.1, 0.15) is 49.1 Å². The Morgan fingerprint density at radius 1 is 1.03 bits per heavy atom. The summed E-state index contributed by atoms with van der Waals surface area (Å²) in [6.07, 6.45) is -3.61. The molecule has 156 valence electrons. The second-order valence-corrected chi connectivity index (χ2v) is 8.76. The molecule has 2 aromatic rings. The summed E-state index contributed by atoms with van der Waals surface area (Å²) in [7, 11) is 0. The quantitative estimate of drug-likeness (QED) is 0.710. The monoisotopic (exact) mass is 418 g/mol. The Labute approximate surface area is 175 Å². The third-order valence-corrected chi connectivity index (χ3v) is 6.59. The van der Waals surface area contributed by atoms with Gasteiger partial charge in [0.05, 0.1) is 6.61 Å². The second-order valence-electron chi connectivity index (χ2n) is 8.36. The standard InChI is InChI=1S/C23H27ClO5/c1-4-12-5-7-13(8-6-12)23(2,3)17-15(24)10-9-14-20(17)29-22-19(27)18(26)16(11-25)28-21(14)22/h5-10,16,18-19,21-22,25-27H,4,11H2,1-3H3/t16-,18-,19+,21?,22?/m1/s1. The molecule has 1 saturated heterocycles. The fourth-order valence-electron chi connectivity index (χ4n) is 4.42. The van der Waals surface area contributed by atoms with Gasteiger partial charge in [-0.2, -0.15) is 0 Å². The van der Waals surface area contributed by atoms with E-state index >= 15 is 0 Å². The molecule has 0 aliphatic carbocycles. The highest BCUT2D eigenvalue weighted by Gasteiger charge is 2.52. The van der Waals surface area contributed by atoms with Crippen molar-refractivity contribution < 1.29 is 24.8 Å². The molecule has 0 bridgehead atoms. The topological polar surface area (TPSA) is 79.2 Å². The van der Waals surface area contributed by atoms with Crippen LogP contribution in [0.3, 0.4) is 0 Å². The molecule has 1 fully saturated rings. The molecule has 0 saturated carbocycles. The van der Waals surface area contributed by atoms with Crippen molar-refractivity contribution in [1.29, 1.82) is 0 Å². The smallest absolute Gasteiger partial charge is 0.157 e. The average Bonchev–Trinajstić information content (AvgIpc) is 3.08. The van der Waals surface area contributed by atoms with E-state index in [2.05, 4.69) is 45.0 Å². The zero-order valence-electron chi connectivity index (χ0n) is 16.8. The van der Waals surface area contributed by atoms with Crippen LogP contribution in [0.25, 0.3) is 0 Å². The van der Waals surface area contributed by atoms with Crippen LogP contribution in [-0.2, 0) is 16.6 Å². The molecule has 3 N–H and O–H groups in total. The van der Waals surface area contributed by atoms with E-state index in [-0.39, 0.29) is 6.61 Å². The van der Waals surface area contributed by atoms with Crippen LogP contribution < -0.4 is 4.74 Å². The van der Waals surface area contributed by atoms with Gasteiger partial charge in [-0.15, -0.1) is 0 Å². The van der Waals surface area contributed by atoms with Gasteiger partial charge in [-0.3, -0.25) is 0 Å². The van der Waals surface area contributed by atoms with Gasteiger partial charge in [0.25, 0.3) is 0 Å². The fourth-order valence-corrected chi connectivity index (χ4v) is 4.80. The van der Waals surface area contributed by atoms with Crippen molar-refractivity contribution in [2.75, 3.05) is 6.61 Å². The lowest BCUT2D eigenvalue weighted by molar-refractivity contribution is -0.215. The number of benzene rings is 2. The summed E-state index contributed by atoms with van der Waals surface area (Å²) in [5.41, 5.74) is 3.50. The van der Waals surface area contributed by atoms with Crippen LogP contribution in [0.4, 0.5) is 0 Å². The summed E-state index contributed by atoms with van der Waals surface area (Å²) in [6, 6.07) is 12.1. The third-order valence-electron chi connectivity index (χ3n) is 6.27. The maximum atomic E-state index is 10.6. The number of hydrogen-bond acceptors (Lipinski definition) is 5. The van der Waals surface area contributed by atoms with Crippen molar-refractivity contribution >= 4 is 11.6 Å². The normalized spacial score (nSPS) is 28.6. The van der Waals surface area contributed by atoms with E-state index < -0.39 is 35.9 Å². The minimum atomic E-state index is -1.22. The van der Waals surface area contributed by atoms with Crippen LogP contribution in [0.5, 0.6) is 5.75 Å².